The Balaban J connectivity index is 3.31. The molecule has 1 aromatic carbocycles. The monoisotopic (exact) mass is 263 g/mol. The summed E-state index contributed by atoms with van der Waals surface area (Å²) in [5, 5.41) is 11.1. The molecule has 19 heavy (non-hydrogen) atoms. The van der Waals surface area contributed by atoms with Gasteiger partial charge in [-0.3, -0.25) is 19.7 Å². The molecule has 0 unspecified atom stereocenters. The maximum Gasteiger partial charge on any atom is 0.280 e. The highest BCUT2D eigenvalue weighted by molar-refractivity contribution is 6.09. The fourth-order valence-electron chi connectivity index (χ4n) is 1.71. The van der Waals surface area contributed by atoms with E-state index in [1.54, 1.807) is 6.07 Å². The Morgan fingerprint density at radius 2 is 1.84 bits per heavy atom. The highest BCUT2D eigenvalue weighted by Crippen LogP contribution is 2.29. The van der Waals surface area contributed by atoms with E-state index >= 15 is 0 Å². The number of carbonyl (C=O) groups excluding carboxylic acids is 2. The summed E-state index contributed by atoms with van der Waals surface area (Å²) in [7, 11) is 0. The zero-order valence-electron chi connectivity index (χ0n) is 11.5. The maximum absolute atomic E-state index is 11.8. The number of nitrogens with zero attached hydrogens (tertiary/aromatic N) is 1. The van der Waals surface area contributed by atoms with E-state index in [1.165, 1.54) is 19.1 Å². The molecule has 0 atom stereocenters. The predicted octanol–water partition coefficient (Wildman–Crippen LogP) is 3.05. The van der Waals surface area contributed by atoms with Crippen molar-refractivity contribution in [1.29, 1.82) is 0 Å². The van der Waals surface area contributed by atoms with Gasteiger partial charge >= 0.3 is 0 Å². The molecule has 0 amide bonds. The zero-order valence-corrected chi connectivity index (χ0v) is 11.5. The molecule has 0 bridgehead atoms. The van der Waals surface area contributed by atoms with Crippen molar-refractivity contribution in [3.05, 3.63) is 39.4 Å². The Morgan fingerprint density at radius 3 is 2.26 bits per heavy atom. The Bertz CT molecular complexity index is 541. The van der Waals surface area contributed by atoms with Gasteiger partial charge in [-0.25, -0.2) is 0 Å². The van der Waals surface area contributed by atoms with Crippen LogP contribution in [0.4, 0.5) is 5.69 Å². The van der Waals surface area contributed by atoms with Crippen molar-refractivity contribution >= 4 is 17.3 Å². The molecule has 5 nitrogen and oxygen atoms in total. The summed E-state index contributed by atoms with van der Waals surface area (Å²) in [6.45, 7) is 7.09. The summed E-state index contributed by atoms with van der Waals surface area (Å²) >= 11 is 0. The minimum absolute atomic E-state index is 0.00630. The lowest BCUT2D eigenvalue weighted by Gasteiger charge is -2.19. The number of rotatable bonds is 4. The topological polar surface area (TPSA) is 77.3 Å². The van der Waals surface area contributed by atoms with Crippen LogP contribution in [0.25, 0.3) is 0 Å². The molecule has 0 aliphatic rings. The van der Waals surface area contributed by atoms with E-state index in [9.17, 15) is 19.7 Å². The molecular weight excluding hydrogens is 246 g/mol. The molecule has 0 aliphatic heterocycles. The first-order chi connectivity index (χ1) is 8.62. The summed E-state index contributed by atoms with van der Waals surface area (Å²) < 4.78 is 0. The third kappa shape index (κ3) is 3.71. The van der Waals surface area contributed by atoms with Crippen LogP contribution in [0.1, 0.15) is 50.0 Å². The summed E-state index contributed by atoms with van der Waals surface area (Å²) in [6.07, 6.45) is -0.310. The molecule has 1 rings (SSSR count). The van der Waals surface area contributed by atoms with E-state index in [0.29, 0.717) is 0 Å². The minimum atomic E-state index is -0.581. The van der Waals surface area contributed by atoms with Crippen LogP contribution in [0.5, 0.6) is 0 Å². The highest BCUT2D eigenvalue weighted by atomic mass is 16.6. The average molecular weight is 263 g/mol. The Hall–Kier alpha value is -2.04. The van der Waals surface area contributed by atoms with Gasteiger partial charge in [-0.15, -0.1) is 0 Å². The molecule has 0 saturated heterocycles. The molecule has 0 fully saturated rings. The molecule has 0 spiro atoms. The molecule has 102 valence electrons. The predicted molar refractivity (Wildman–Crippen MR) is 71.4 cm³/mol. The molecule has 5 heteroatoms. The third-order valence-corrected chi connectivity index (χ3v) is 2.77. The third-order valence-electron chi connectivity index (χ3n) is 2.77. The maximum atomic E-state index is 11.8. The van der Waals surface area contributed by atoms with Crippen LogP contribution < -0.4 is 0 Å². The Morgan fingerprint density at radius 1 is 1.26 bits per heavy atom. The van der Waals surface area contributed by atoms with Crippen LogP contribution >= 0.6 is 0 Å². The van der Waals surface area contributed by atoms with Crippen molar-refractivity contribution in [3.8, 4) is 0 Å². The van der Waals surface area contributed by atoms with Crippen LogP contribution in [0, 0.1) is 10.1 Å². The first kappa shape index (κ1) is 15.0. The number of benzene rings is 1. The zero-order chi connectivity index (χ0) is 14.8. The lowest BCUT2D eigenvalue weighted by Crippen LogP contribution is -2.14. The standard InChI is InChI=1S/C14H17NO4/c1-9(16)7-13(17)11-6-5-10(14(2,3)4)8-12(11)15(18)19/h5-6,8H,7H2,1-4H3. The second-order valence-corrected chi connectivity index (χ2v) is 5.54. The molecule has 1 aromatic rings. The van der Waals surface area contributed by atoms with Gasteiger partial charge in [-0.05, 0) is 24.0 Å². The molecule has 0 aliphatic carbocycles. The van der Waals surface area contributed by atoms with E-state index in [4.69, 9.17) is 0 Å². The summed E-state index contributed by atoms with van der Waals surface area (Å²) in [6, 6.07) is 4.54. The number of ketones is 2. The summed E-state index contributed by atoms with van der Waals surface area (Å²) in [5.41, 5.74) is 0.290. The number of nitro benzene ring substituents is 1. The molecule has 0 N–H and O–H groups in total. The van der Waals surface area contributed by atoms with Crippen LogP contribution in [0.3, 0.4) is 0 Å². The van der Waals surface area contributed by atoms with E-state index in [1.807, 2.05) is 20.8 Å². The SMILES string of the molecule is CC(=O)CC(=O)c1ccc(C(C)(C)C)cc1[N+](=O)[O-]. The van der Waals surface area contributed by atoms with Crippen molar-refractivity contribution in [1.82, 2.24) is 0 Å². The van der Waals surface area contributed by atoms with Gasteiger partial charge in [0.15, 0.2) is 5.78 Å². The molecule has 0 aromatic heterocycles. The lowest BCUT2D eigenvalue weighted by molar-refractivity contribution is -0.385. The second-order valence-electron chi connectivity index (χ2n) is 5.54. The second kappa shape index (κ2) is 5.30. The first-order valence-electron chi connectivity index (χ1n) is 5.94. The number of nitro groups is 1. The van der Waals surface area contributed by atoms with Crippen molar-refractivity contribution in [2.24, 2.45) is 0 Å². The fraction of sp³-hybridized carbons (Fsp3) is 0.429. The number of hydrogen-bond acceptors (Lipinski definition) is 4. The quantitative estimate of drug-likeness (QED) is 0.362. The normalized spacial score (nSPS) is 11.2. The smallest absolute Gasteiger partial charge is 0.280 e. The van der Waals surface area contributed by atoms with E-state index < -0.39 is 10.7 Å². The van der Waals surface area contributed by atoms with Gasteiger partial charge in [0.2, 0.25) is 0 Å². The van der Waals surface area contributed by atoms with Crippen LogP contribution in [0.2, 0.25) is 0 Å². The van der Waals surface area contributed by atoms with Gasteiger partial charge < -0.3 is 0 Å². The first-order valence-corrected chi connectivity index (χ1v) is 5.94. The minimum Gasteiger partial charge on any atom is -0.300 e. The average Bonchev–Trinajstić information content (AvgIpc) is 2.25. The summed E-state index contributed by atoms with van der Waals surface area (Å²) in [4.78, 5) is 33.2. The van der Waals surface area contributed by atoms with Gasteiger partial charge in [0.1, 0.15) is 5.78 Å². The van der Waals surface area contributed by atoms with Crippen molar-refractivity contribution in [3.63, 3.8) is 0 Å². The molecule has 0 heterocycles. The van der Waals surface area contributed by atoms with Crippen LogP contribution in [-0.4, -0.2) is 16.5 Å². The Kier molecular flexibility index (Phi) is 4.19. The van der Waals surface area contributed by atoms with E-state index in [0.717, 1.165) is 5.56 Å². The van der Waals surface area contributed by atoms with Gasteiger partial charge in [0, 0.05) is 6.07 Å². The summed E-state index contributed by atoms with van der Waals surface area (Å²) in [5.74, 6) is -0.821. The van der Waals surface area contributed by atoms with E-state index in [2.05, 4.69) is 0 Å². The largest absolute Gasteiger partial charge is 0.300 e. The molecule has 0 radical (unpaired) electrons. The van der Waals surface area contributed by atoms with Gasteiger partial charge in [0.05, 0.1) is 16.9 Å². The number of carbonyl (C=O) groups is 2. The molecular formula is C14H17NO4. The number of Topliss-reactive ketones (excluding diaryl/α,β-unsaturated/α-hetero) is 2. The van der Waals surface area contributed by atoms with Crippen LogP contribution in [0.15, 0.2) is 18.2 Å². The van der Waals surface area contributed by atoms with Crippen LogP contribution in [-0.2, 0) is 10.2 Å². The van der Waals surface area contributed by atoms with Gasteiger partial charge in [-0.1, -0.05) is 26.8 Å². The fourth-order valence-corrected chi connectivity index (χ4v) is 1.71. The van der Waals surface area contributed by atoms with Crippen molar-refractivity contribution in [2.75, 3.05) is 0 Å². The van der Waals surface area contributed by atoms with Gasteiger partial charge in [0.25, 0.3) is 5.69 Å². The molecule has 0 saturated carbocycles. The lowest BCUT2D eigenvalue weighted by atomic mass is 9.85. The van der Waals surface area contributed by atoms with Gasteiger partial charge in [-0.2, -0.15) is 0 Å². The number of hydrogen-bond donors (Lipinski definition) is 0. The highest BCUT2D eigenvalue weighted by Gasteiger charge is 2.24. The van der Waals surface area contributed by atoms with E-state index in [-0.39, 0.29) is 28.9 Å². The van der Waals surface area contributed by atoms with Crippen molar-refractivity contribution < 1.29 is 14.5 Å². The van der Waals surface area contributed by atoms with Crippen molar-refractivity contribution in [2.45, 2.75) is 39.5 Å². The Labute approximate surface area is 111 Å².